The Hall–Kier alpha value is -2.21. The highest BCUT2D eigenvalue weighted by Gasteiger charge is 2.18. The number of nitro benzene ring substituents is 1. The standard InChI is InChI=1S/C13H9BrN2O3/c14-9-5-7-10(8-6-9)15-13(17)11-3-1-2-4-12(11)16(18)19/h1-8H,(H,15,17). The summed E-state index contributed by atoms with van der Waals surface area (Å²) in [6.07, 6.45) is 0. The molecule has 0 heterocycles. The van der Waals surface area contributed by atoms with E-state index in [0.29, 0.717) is 5.69 Å². The summed E-state index contributed by atoms with van der Waals surface area (Å²) in [4.78, 5) is 22.3. The number of halogens is 1. The first kappa shape index (κ1) is 13.2. The van der Waals surface area contributed by atoms with Gasteiger partial charge in [0.1, 0.15) is 5.56 Å². The van der Waals surface area contributed by atoms with Crippen LogP contribution in [0.25, 0.3) is 0 Å². The van der Waals surface area contributed by atoms with Gasteiger partial charge >= 0.3 is 0 Å². The molecule has 0 aliphatic heterocycles. The van der Waals surface area contributed by atoms with E-state index >= 15 is 0 Å². The third-order valence-electron chi connectivity index (χ3n) is 2.45. The maximum absolute atomic E-state index is 12.0. The van der Waals surface area contributed by atoms with E-state index in [2.05, 4.69) is 21.2 Å². The van der Waals surface area contributed by atoms with Gasteiger partial charge in [0, 0.05) is 16.2 Å². The van der Waals surface area contributed by atoms with E-state index in [1.807, 2.05) is 0 Å². The van der Waals surface area contributed by atoms with Crippen LogP contribution < -0.4 is 5.32 Å². The van der Waals surface area contributed by atoms with Gasteiger partial charge in [0.15, 0.2) is 0 Å². The molecule has 0 aromatic heterocycles. The number of hydrogen-bond donors (Lipinski definition) is 1. The zero-order valence-electron chi connectivity index (χ0n) is 9.67. The van der Waals surface area contributed by atoms with Crippen LogP contribution in [0.4, 0.5) is 11.4 Å². The average molecular weight is 321 g/mol. The molecule has 2 aromatic carbocycles. The summed E-state index contributed by atoms with van der Waals surface area (Å²) in [5, 5.41) is 13.5. The molecule has 0 saturated carbocycles. The van der Waals surface area contributed by atoms with Crippen LogP contribution in [0.2, 0.25) is 0 Å². The monoisotopic (exact) mass is 320 g/mol. The number of hydrogen-bond acceptors (Lipinski definition) is 3. The third kappa shape index (κ3) is 3.17. The first-order valence-electron chi connectivity index (χ1n) is 5.38. The summed E-state index contributed by atoms with van der Waals surface area (Å²) >= 11 is 3.29. The van der Waals surface area contributed by atoms with Crippen LogP contribution in [-0.4, -0.2) is 10.8 Å². The fourth-order valence-electron chi connectivity index (χ4n) is 1.56. The van der Waals surface area contributed by atoms with E-state index in [1.54, 1.807) is 30.3 Å². The Morgan fingerprint density at radius 2 is 1.74 bits per heavy atom. The summed E-state index contributed by atoms with van der Waals surface area (Å²) in [6, 6.07) is 12.8. The number of carbonyl (C=O) groups excluding carboxylic acids is 1. The zero-order chi connectivity index (χ0) is 13.8. The average Bonchev–Trinajstić information content (AvgIpc) is 2.41. The molecule has 2 rings (SSSR count). The number of nitrogens with zero attached hydrogens (tertiary/aromatic N) is 1. The molecule has 0 unspecified atom stereocenters. The Morgan fingerprint density at radius 1 is 1.11 bits per heavy atom. The van der Waals surface area contributed by atoms with E-state index < -0.39 is 10.8 Å². The number of anilines is 1. The molecule has 0 aliphatic carbocycles. The van der Waals surface area contributed by atoms with Crippen molar-refractivity contribution in [3.8, 4) is 0 Å². The Kier molecular flexibility index (Phi) is 3.91. The second-order valence-corrected chi connectivity index (χ2v) is 4.65. The molecule has 0 bridgehead atoms. The fraction of sp³-hybridized carbons (Fsp3) is 0. The van der Waals surface area contributed by atoms with E-state index in [4.69, 9.17) is 0 Å². The summed E-state index contributed by atoms with van der Waals surface area (Å²) in [6.45, 7) is 0. The number of nitro groups is 1. The van der Waals surface area contributed by atoms with Crippen LogP contribution in [0, 0.1) is 10.1 Å². The van der Waals surface area contributed by atoms with Crippen LogP contribution in [0.3, 0.4) is 0 Å². The molecule has 6 heteroatoms. The van der Waals surface area contributed by atoms with Gasteiger partial charge in [-0.1, -0.05) is 28.1 Å². The molecule has 0 atom stereocenters. The first-order valence-corrected chi connectivity index (χ1v) is 6.17. The number of amides is 1. The van der Waals surface area contributed by atoms with Gasteiger partial charge in [-0.2, -0.15) is 0 Å². The minimum absolute atomic E-state index is 0.0374. The Bertz CT molecular complexity index is 626. The minimum atomic E-state index is -0.573. The maximum Gasteiger partial charge on any atom is 0.282 e. The highest BCUT2D eigenvalue weighted by Crippen LogP contribution is 2.20. The normalized spacial score (nSPS) is 9.95. The number of para-hydroxylation sites is 1. The van der Waals surface area contributed by atoms with Crippen molar-refractivity contribution in [1.82, 2.24) is 0 Å². The predicted molar refractivity (Wildman–Crippen MR) is 75.2 cm³/mol. The van der Waals surface area contributed by atoms with Crippen molar-refractivity contribution < 1.29 is 9.72 Å². The third-order valence-corrected chi connectivity index (χ3v) is 2.98. The minimum Gasteiger partial charge on any atom is -0.322 e. The van der Waals surface area contributed by atoms with Crippen LogP contribution in [-0.2, 0) is 0 Å². The Morgan fingerprint density at radius 3 is 2.37 bits per heavy atom. The van der Waals surface area contributed by atoms with E-state index in [1.165, 1.54) is 18.2 Å². The van der Waals surface area contributed by atoms with Crippen LogP contribution in [0.15, 0.2) is 53.0 Å². The van der Waals surface area contributed by atoms with E-state index in [9.17, 15) is 14.9 Å². The topological polar surface area (TPSA) is 72.2 Å². The van der Waals surface area contributed by atoms with Crippen molar-refractivity contribution in [3.05, 3.63) is 68.7 Å². The van der Waals surface area contributed by atoms with E-state index in [-0.39, 0.29) is 11.3 Å². The Balaban J connectivity index is 2.25. The van der Waals surface area contributed by atoms with Gasteiger partial charge in [0.2, 0.25) is 0 Å². The van der Waals surface area contributed by atoms with Gasteiger partial charge in [-0.05, 0) is 30.3 Å². The van der Waals surface area contributed by atoms with Crippen molar-refractivity contribution in [1.29, 1.82) is 0 Å². The maximum atomic E-state index is 12.0. The Labute approximate surface area is 117 Å². The first-order chi connectivity index (χ1) is 9.08. The van der Waals surface area contributed by atoms with Gasteiger partial charge in [-0.3, -0.25) is 14.9 Å². The molecule has 2 aromatic rings. The van der Waals surface area contributed by atoms with Crippen molar-refractivity contribution in [2.75, 3.05) is 5.32 Å². The summed E-state index contributed by atoms with van der Waals surface area (Å²) < 4.78 is 0.885. The molecule has 1 amide bonds. The highest BCUT2D eigenvalue weighted by molar-refractivity contribution is 9.10. The molecule has 0 radical (unpaired) electrons. The molecule has 0 spiro atoms. The number of nitrogens with one attached hydrogen (secondary N) is 1. The smallest absolute Gasteiger partial charge is 0.282 e. The zero-order valence-corrected chi connectivity index (χ0v) is 11.3. The lowest BCUT2D eigenvalue weighted by Crippen LogP contribution is -2.13. The van der Waals surface area contributed by atoms with Crippen molar-refractivity contribution in [2.24, 2.45) is 0 Å². The lowest BCUT2D eigenvalue weighted by molar-refractivity contribution is -0.385. The summed E-state index contributed by atoms with van der Waals surface area (Å²) in [7, 11) is 0. The van der Waals surface area contributed by atoms with Crippen molar-refractivity contribution >= 4 is 33.2 Å². The molecule has 96 valence electrons. The predicted octanol–water partition coefficient (Wildman–Crippen LogP) is 3.61. The van der Waals surface area contributed by atoms with Gasteiger partial charge < -0.3 is 5.32 Å². The SMILES string of the molecule is O=C(Nc1ccc(Br)cc1)c1ccccc1[N+](=O)[O-]. The van der Waals surface area contributed by atoms with Crippen LogP contribution in [0.1, 0.15) is 10.4 Å². The molecule has 0 aliphatic rings. The second-order valence-electron chi connectivity index (χ2n) is 3.74. The van der Waals surface area contributed by atoms with Gasteiger partial charge in [-0.25, -0.2) is 0 Å². The van der Waals surface area contributed by atoms with Crippen LogP contribution in [0.5, 0.6) is 0 Å². The molecule has 0 saturated heterocycles. The van der Waals surface area contributed by atoms with E-state index in [0.717, 1.165) is 4.47 Å². The molecule has 19 heavy (non-hydrogen) atoms. The van der Waals surface area contributed by atoms with Gasteiger partial charge in [-0.15, -0.1) is 0 Å². The molecular weight excluding hydrogens is 312 g/mol. The number of benzene rings is 2. The molecular formula is C13H9BrN2O3. The lowest BCUT2D eigenvalue weighted by Gasteiger charge is -2.05. The molecule has 5 nitrogen and oxygen atoms in total. The van der Waals surface area contributed by atoms with Crippen molar-refractivity contribution in [3.63, 3.8) is 0 Å². The second kappa shape index (κ2) is 5.62. The number of carbonyl (C=O) groups is 1. The summed E-state index contributed by atoms with van der Waals surface area (Å²) in [5.41, 5.74) is 0.402. The van der Waals surface area contributed by atoms with Crippen molar-refractivity contribution in [2.45, 2.75) is 0 Å². The largest absolute Gasteiger partial charge is 0.322 e. The summed E-state index contributed by atoms with van der Waals surface area (Å²) in [5.74, 6) is -0.505. The lowest BCUT2D eigenvalue weighted by atomic mass is 10.1. The van der Waals surface area contributed by atoms with Gasteiger partial charge in [0.25, 0.3) is 11.6 Å². The highest BCUT2D eigenvalue weighted by atomic mass is 79.9. The van der Waals surface area contributed by atoms with Gasteiger partial charge in [0.05, 0.1) is 4.92 Å². The number of rotatable bonds is 3. The fourth-order valence-corrected chi connectivity index (χ4v) is 1.82. The molecule has 0 fully saturated rings. The quantitative estimate of drug-likeness (QED) is 0.693. The molecule has 1 N–H and O–H groups in total. The van der Waals surface area contributed by atoms with Crippen LogP contribution >= 0.6 is 15.9 Å².